The van der Waals surface area contributed by atoms with E-state index in [1.807, 2.05) is 0 Å². The molecule has 6 rings (SSSR count). The van der Waals surface area contributed by atoms with Gasteiger partial charge in [0.05, 0.1) is 0 Å². The summed E-state index contributed by atoms with van der Waals surface area (Å²) in [6.07, 6.45) is 38.9. The van der Waals surface area contributed by atoms with E-state index in [0.29, 0.717) is 0 Å². The SMILES string of the molecule is CCCCCCCCCCCCc1ccc(S(=O)(=O)N(C)c2ccc(F)[c]([Ti]([c]3c(F)ccc(N(C)S(=O)(=O)c4ccc(CCCCCCCCCCCC)cc4)c3F)([CH]3C=CC=C3)[CH]3C=CC=C3)c2F)cc1. The predicted molar refractivity (Wildman–Crippen MR) is 291 cm³/mol. The van der Waals surface area contributed by atoms with Crippen molar-refractivity contribution in [1.29, 1.82) is 0 Å². The van der Waals surface area contributed by atoms with E-state index in [1.54, 1.807) is 72.9 Å². The van der Waals surface area contributed by atoms with E-state index in [-0.39, 0.29) is 9.79 Å². The van der Waals surface area contributed by atoms with Gasteiger partial charge in [0, 0.05) is 0 Å². The van der Waals surface area contributed by atoms with Gasteiger partial charge in [-0.15, -0.1) is 0 Å². The first-order valence-electron chi connectivity index (χ1n) is 27.0. The third kappa shape index (κ3) is 14.2. The molecule has 0 fully saturated rings. The van der Waals surface area contributed by atoms with Crippen LogP contribution in [0, 0.1) is 23.3 Å². The second-order valence-electron chi connectivity index (χ2n) is 20.1. The van der Waals surface area contributed by atoms with Crippen LogP contribution in [-0.2, 0) is 49.5 Å². The van der Waals surface area contributed by atoms with Gasteiger partial charge in [0.1, 0.15) is 0 Å². The molecule has 73 heavy (non-hydrogen) atoms. The number of unbranched alkanes of at least 4 members (excludes halogenated alkanes) is 18. The number of sulfonamides is 2. The van der Waals surface area contributed by atoms with Crippen LogP contribution in [0.4, 0.5) is 28.9 Å². The van der Waals surface area contributed by atoms with Crippen molar-refractivity contribution in [2.75, 3.05) is 22.7 Å². The van der Waals surface area contributed by atoms with Crippen molar-refractivity contribution in [1.82, 2.24) is 0 Å². The van der Waals surface area contributed by atoms with Crippen LogP contribution in [0.3, 0.4) is 0 Å². The number of nitrogens with zero attached hydrogens (tertiary/aromatic N) is 2. The summed E-state index contributed by atoms with van der Waals surface area (Å²) in [6, 6.07) is 16.9. The molecule has 0 amide bonds. The summed E-state index contributed by atoms with van der Waals surface area (Å²) in [5.41, 5.74) is 0.959. The molecule has 0 N–H and O–H groups in total. The molecular weight excluding hydrogens is 1000 g/mol. The van der Waals surface area contributed by atoms with Gasteiger partial charge in [0.25, 0.3) is 0 Å². The Balaban J connectivity index is 1.26. The number of aryl methyl sites for hydroxylation is 2. The van der Waals surface area contributed by atoms with Crippen LogP contribution >= 0.6 is 0 Å². The normalized spacial score (nSPS) is 14.0. The van der Waals surface area contributed by atoms with Crippen molar-refractivity contribution in [3.63, 3.8) is 0 Å². The summed E-state index contributed by atoms with van der Waals surface area (Å²) in [4.78, 5) is -0.193. The third-order valence-corrected chi connectivity index (χ3v) is 27.1. The Morgan fingerprint density at radius 1 is 0.411 bits per heavy atom. The summed E-state index contributed by atoms with van der Waals surface area (Å²) in [6.45, 7) is 4.44. The summed E-state index contributed by atoms with van der Waals surface area (Å²) >= 11 is -5.49. The van der Waals surface area contributed by atoms with Gasteiger partial charge in [-0.1, -0.05) is 117 Å². The van der Waals surface area contributed by atoms with Crippen LogP contribution in [0.15, 0.2) is 131 Å². The monoisotopic (exact) mass is 1080 g/mol. The zero-order valence-corrected chi connectivity index (χ0v) is 46.8. The van der Waals surface area contributed by atoms with Crippen molar-refractivity contribution < 1.29 is 51.0 Å². The van der Waals surface area contributed by atoms with E-state index in [1.165, 1.54) is 128 Å². The molecule has 0 saturated carbocycles. The average Bonchev–Trinajstić information content (AvgIpc) is 4.14. The molecule has 4 aromatic rings. The Kier molecular flexibility index (Phi) is 22.3. The number of benzene rings is 4. The van der Waals surface area contributed by atoms with Crippen molar-refractivity contribution in [3.05, 3.63) is 156 Å². The molecule has 0 spiro atoms. The Hall–Kier alpha value is -4.23. The van der Waals surface area contributed by atoms with Gasteiger partial charge in [0.15, 0.2) is 0 Å². The Bertz CT molecular complexity index is 2550. The van der Waals surface area contributed by atoms with E-state index in [0.717, 1.165) is 95.4 Å². The molecule has 2 aliphatic rings. The van der Waals surface area contributed by atoms with E-state index >= 15 is 17.6 Å². The number of rotatable bonds is 32. The molecule has 0 radical (unpaired) electrons. The van der Waals surface area contributed by atoms with Gasteiger partial charge >= 0.3 is 325 Å². The Labute approximate surface area is 439 Å². The van der Waals surface area contributed by atoms with Gasteiger partial charge in [-0.25, -0.2) is 0 Å². The van der Waals surface area contributed by atoms with Crippen LogP contribution in [0.5, 0.6) is 0 Å². The van der Waals surface area contributed by atoms with E-state index < -0.39 is 87.5 Å². The molecule has 2 aliphatic carbocycles. The number of allylic oxidation sites excluding steroid dienone is 8. The number of hydrogen-bond donors (Lipinski definition) is 0. The molecule has 0 saturated heterocycles. The standard InChI is InChI=1S/2C25H34F2NO2S.2C5H5.Ti/c2*1-3-4-5-6-7-8-9-10-11-12-13-21-14-17-23(18-15-21)31(29,30)28(2)25-19-16-22(26)20-24(25)27;2*1-2-4-5-3-1;/h2*14-19H,3-13H2,1-2H3;2*1-5H;. The first-order chi connectivity index (χ1) is 35.2. The summed E-state index contributed by atoms with van der Waals surface area (Å²) in [5.74, 6) is -4.69. The fraction of sp³-hybridized carbons (Fsp3) is 0.467. The molecule has 0 bridgehead atoms. The maximum atomic E-state index is 17.9. The molecule has 0 unspecified atom stereocenters. The molecule has 6 nitrogen and oxygen atoms in total. The number of anilines is 2. The maximum absolute atomic E-state index is 17.9. The van der Waals surface area contributed by atoms with Gasteiger partial charge in [-0.3, -0.25) is 0 Å². The molecule has 0 atom stereocenters. The predicted octanol–water partition coefficient (Wildman–Crippen LogP) is 15.8. The van der Waals surface area contributed by atoms with E-state index in [4.69, 9.17) is 0 Å². The van der Waals surface area contributed by atoms with Gasteiger partial charge < -0.3 is 0 Å². The Morgan fingerprint density at radius 2 is 0.699 bits per heavy atom. The quantitative estimate of drug-likeness (QED) is 0.0277. The van der Waals surface area contributed by atoms with Crippen molar-refractivity contribution in [2.24, 2.45) is 0 Å². The van der Waals surface area contributed by atoms with Crippen LogP contribution < -0.4 is 16.3 Å². The fourth-order valence-corrected chi connectivity index (χ4v) is 21.9. The van der Waals surface area contributed by atoms with Gasteiger partial charge in [-0.05, 0) is 0 Å². The van der Waals surface area contributed by atoms with E-state index in [2.05, 4.69) is 13.8 Å². The first-order valence-corrected chi connectivity index (χ1v) is 33.3. The minimum absolute atomic E-state index is 0.0963. The second-order valence-corrected chi connectivity index (χ2v) is 30.4. The zero-order chi connectivity index (χ0) is 52.4. The van der Waals surface area contributed by atoms with Crippen LogP contribution in [-0.4, -0.2) is 30.9 Å². The van der Waals surface area contributed by atoms with Gasteiger partial charge in [-0.2, -0.15) is 0 Å². The van der Waals surface area contributed by atoms with Gasteiger partial charge in [0.2, 0.25) is 0 Å². The number of halogens is 4. The molecule has 13 heteroatoms. The molecule has 0 heterocycles. The Morgan fingerprint density at radius 3 is 1.00 bits per heavy atom. The minimum atomic E-state index is -5.49. The van der Waals surface area contributed by atoms with Crippen molar-refractivity contribution >= 4 is 39.2 Å². The fourth-order valence-electron chi connectivity index (χ4n) is 10.7. The first kappa shape index (κ1) is 58.0. The number of hydrogen-bond acceptors (Lipinski definition) is 4. The van der Waals surface area contributed by atoms with Crippen molar-refractivity contribution in [2.45, 2.75) is 173 Å². The molecule has 396 valence electrons. The molecule has 0 aromatic heterocycles. The van der Waals surface area contributed by atoms with Crippen LogP contribution in [0.25, 0.3) is 0 Å². The molecular formula is C60H78F4N2O4S2Ti. The summed E-state index contributed by atoms with van der Waals surface area (Å²) in [5, 5.41) is 0. The third-order valence-electron chi connectivity index (χ3n) is 15.0. The van der Waals surface area contributed by atoms with Crippen LogP contribution in [0.2, 0.25) is 8.45 Å². The summed E-state index contributed by atoms with van der Waals surface area (Å²) in [7, 11) is -6.50. The zero-order valence-electron chi connectivity index (χ0n) is 43.6. The second kappa shape index (κ2) is 28.1. The van der Waals surface area contributed by atoms with E-state index in [9.17, 15) is 16.8 Å². The average molecular weight is 1080 g/mol. The summed E-state index contributed by atoms with van der Waals surface area (Å²) < 4.78 is 126. The molecule has 0 aliphatic heterocycles. The van der Waals surface area contributed by atoms with Crippen molar-refractivity contribution in [3.8, 4) is 0 Å². The topological polar surface area (TPSA) is 74.8 Å². The molecule has 4 aromatic carbocycles. The van der Waals surface area contributed by atoms with Crippen LogP contribution in [0.1, 0.15) is 153 Å².